The Balaban J connectivity index is 2.03. The van der Waals surface area contributed by atoms with E-state index in [1.807, 2.05) is 0 Å². The van der Waals surface area contributed by atoms with Gasteiger partial charge in [0.05, 0.1) is 0 Å². The Bertz CT molecular complexity index is 268. The summed E-state index contributed by atoms with van der Waals surface area (Å²) in [4.78, 5) is 0. The first kappa shape index (κ1) is 14.2. The van der Waals surface area contributed by atoms with Crippen molar-refractivity contribution < 1.29 is 0 Å². The summed E-state index contributed by atoms with van der Waals surface area (Å²) in [5.74, 6) is 0.670. The summed E-state index contributed by atoms with van der Waals surface area (Å²) >= 11 is 0. The average molecular weight is 232 g/mol. The molecule has 0 amide bonds. The van der Waals surface area contributed by atoms with E-state index in [0.717, 1.165) is 13.1 Å². The summed E-state index contributed by atoms with van der Waals surface area (Å²) in [6.07, 6.45) is 7.38. The van der Waals surface area contributed by atoms with E-state index in [2.05, 4.69) is 55.9 Å². The zero-order chi connectivity index (χ0) is 12.3. The van der Waals surface area contributed by atoms with E-state index in [1.54, 1.807) is 0 Å². The molecule has 1 heteroatoms. The second kappa shape index (κ2) is 9.23. The molecule has 0 aliphatic heterocycles. The van der Waals surface area contributed by atoms with Gasteiger partial charge in [-0.25, -0.2) is 0 Å². The molecule has 0 bridgehead atoms. The first-order valence-electron chi connectivity index (χ1n) is 6.92. The molecular formula is C16H26N. The average Bonchev–Trinajstić information content (AvgIpc) is 2.38. The Kier molecular flexibility index (Phi) is 7.74. The molecule has 0 aromatic heterocycles. The van der Waals surface area contributed by atoms with Gasteiger partial charge in [0.15, 0.2) is 0 Å². The predicted octanol–water partition coefficient (Wildman–Crippen LogP) is 4.16. The maximum Gasteiger partial charge on any atom is -0.00174 e. The molecule has 1 rings (SSSR count). The fourth-order valence-corrected chi connectivity index (χ4v) is 1.92. The quantitative estimate of drug-likeness (QED) is 0.630. The van der Waals surface area contributed by atoms with Crippen LogP contribution in [0.15, 0.2) is 30.3 Å². The molecule has 0 heterocycles. The molecule has 0 saturated heterocycles. The molecule has 0 saturated carbocycles. The first-order valence-corrected chi connectivity index (χ1v) is 6.92. The second-order valence-electron chi connectivity index (χ2n) is 4.74. The zero-order valence-corrected chi connectivity index (χ0v) is 11.3. The molecule has 0 spiro atoms. The third kappa shape index (κ3) is 6.48. The van der Waals surface area contributed by atoms with Gasteiger partial charge < -0.3 is 5.32 Å². The van der Waals surface area contributed by atoms with E-state index in [9.17, 15) is 0 Å². The molecule has 17 heavy (non-hydrogen) atoms. The zero-order valence-electron chi connectivity index (χ0n) is 11.3. The van der Waals surface area contributed by atoms with E-state index >= 15 is 0 Å². The molecule has 1 N–H and O–H groups in total. The van der Waals surface area contributed by atoms with Crippen LogP contribution in [0.1, 0.15) is 51.0 Å². The molecule has 0 aliphatic carbocycles. The molecule has 95 valence electrons. The van der Waals surface area contributed by atoms with Crippen LogP contribution in [0.2, 0.25) is 0 Å². The van der Waals surface area contributed by atoms with E-state index < -0.39 is 0 Å². The van der Waals surface area contributed by atoms with Gasteiger partial charge in [-0.1, -0.05) is 50.6 Å². The maximum absolute atomic E-state index is 3.44. The van der Waals surface area contributed by atoms with Crippen molar-refractivity contribution in [1.82, 2.24) is 5.32 Å². The number of unbranched alkanes of at least 4 members (excludes halogenated alkanes) is 2. The van der Waals surface area contributed by atoms with E-state index in [-0.39, 0.29) is 0 Å². The molecule has 1 aromatic carbocycles. The molecule has 1 radical (unpaired) electrons. The predicted molar refractivity (Wildman–Crippen MR) is 76.2 cm³/mol. The van der Waals surface area contributed by atoms with Crippen LogP contribution in [-0.2, 0) is 0 Å². The maximum atomic E-state index is 3.44. The first-order chi connectivity index (χ1) is 8.34. The van der Waals surface area contributed by atoms with Crippen molar-refractivity contribution in [1.29, 1.82) is 0 Å². The van der Waals surface area contributed by atoms with E-state index in [4.69, 9.17) is 0 Å². The van der Waals surface area contributed by atoms with Crippen molar-refractivity contribution in [2.45, 2.75) is 45.4 Å². The monoisotopic (exact) mass is 232 g/mol. The highest BCUT2D eigenvalue weighted by Gasteiger charge is 2.03. The van der Waals surface area contributed by atoms with Gasteiger partial charge in [0, 0.05) is 0 Å². The highest BCUT2D eigenvalue weighted by atomic mass is 14.8. The summed E-state index contributed by atoms with van der Waals surface area (Å²) in [6.45, 7) is 6.75. The summed E-state index contributed by atoms with van der Waals surface area (Å²) in [7, 11) is 0. The lowest BCUT2D eigenvalue weighted by Gasteiger charge is -2.11. The topological polar surface area (TPSA) is 12.0 Å². The molecular weight excluding hydrogens is 206 g/mol. The molecule has 1 atom stereocenters. The van der Waals surface area contributed by atoms with Crippen molar-refractivity contribution in [3.8, 4) is 0 Å². The normalized spacial score (nSPS) is 12.6. The van der Waals surface area contributed by atoms with Gasteiger partial charge in [0.1, 0.15) is 0 Å². The van der Waals surface area contributed by atoms with Crippen LogP contribution >= 0.6 is 0 Å². The van der Waals surface area contributed by atoms with E-state index in [0.29, 0.717) is 5.92 Å². The number of hydrogen-bond donors (Lipinski definition) is 1. The number of benzene rings is 1. The summed E-state index contributed by atoms with van der Waals surface area (Å²) in [5, 5.41) is 3.44. The van der Waals surface area contributed by atoms with Crippen LogP contribution < -0.4 is 5.32 Å². The van der Waals surface area contributed by atoms with Crippen LogP contribution in [0.3, 0.4) is 0 Å². The summed E-state index contributed by atoms with van der Waals surface area (Å²) in [5.41, 5.74) is 1.46. The summed E-state index contributed by atoms with van der Waals surface area (Å²) in [6, 6.07) is 10.8. The van der Waals surface area contributed by atoms with Crippen LogP contribution in [-0.4, -0.2) is 13.1 Å². The molecule has 1 aromatic rings. The van der Waals surface area contributed by atoms with E-state index in [1.165, 1.54) is 31.2 Å². The third-order valence-electron chi connectivity index (χ3n) is 3.17. The van der Waals surface area contributed by atoms with Gasteiger partial charge in [-0.2, -0.15) is 0 Å². The van der Waals surface area contributed by atoms with Gasteiger partial charge in [-0.3, -0.25) is 0 Å². The number of rotatable bonds is 9. The molecule has 0 aliphatic rings. The second-order valence-corrected chi connectivity index (χ2v) is 4.74. The minimum atomic E-state index is 0.670. The van der Waals surface area contributed by atoms with Crippen LogP contribution in [0.25, 0.3) is 0 Å². The van der Waals surface area contributed by atoms with Gasteiger partial charge >= 0.3 is 0 Å². The SMILES string of the molecule is CCCCNC[CH]CCC(C)c1ccccc1. The molecule has 0 fully saturated rings. The number of nitrogens with one attached hydrogen (secondary N) is 1. The molecule has 1 unspecified atom stereocenters. The minimum Gasteiger partial charge on any atom is -0.316 e. The number of hydrogen-bond acceptors (Lipinski definition) is 1. The van der Waals surface area contributed by atoms with Gasteiger partial charge in [-0.15, -0.1) is 0 Å². The Labute approximate surface area is 107 Å². The summed E-state index contributed by atoms with van der Waals surface area (Å²) < 4.78 is 0. The highest BCUT2D eigenvalue weighted by molar-refractivity contribution is 5.18. The Morgan fingerprint density at radius 3 is 2.71 bits per heavy atom. The lowest BCUT2D eigenvalue weighted by atomic mass is 9.95. The van der Waals surface area contributed by atoms with Crippen molar-refractivity contribution in [2.75, 3.05) is 13.1 Å². The van der Waals surface area contributed by atoms with Crippen molar-refractivity contribution in [2.24, 2.45) is 0 Å². The largest absolute Gasteiger partial charge is 0.316 e. The van der Waals surface area contributed by atoms with Crippen molar-refractivity contribution in [3.05, 3.63) is 42.3 Å². The lowest BCUT2D eigenvalue weighted by molar-refractivity contribution is 0.625. The highest BCUT2D eigenvalue weighted by Crippen LogP contribution is 2.20. The standard InChI is InChI=1S/C16H26N/c1-3-4-13-17-14-9-8-10-15(2)16-11-6-5-7-12-16/h5-7,9,11-12,15,17H,3-4,8,10,13-14H2,1-2H3. The Hall–Kier alpha value is -0.820. The Morgan fingerprint density at radius 1 is 1.24 bits per heavy atom. The fourth-order valence-electron chi connectivity index (χ4n) is 1.92. The lowest BCUT2D eigenvalue weighted by Crippen LogP contribution is -2.16. The third-order valence-corrected chi connectivity index (χ3v) is 3.17. The molecule has 1 nitrogen and oxygen atoms in total. The Morgan fingerprint density at radius 2 is 2.00 bits per heavy atom. The fraction of sp³-hybridized carbons (Fsp3) is 0.562. The van der Waals surface area contributed by atoms with Crippen molar-refractivity contribution >= 4 is 0 Å². The van der Waals surface area contributed by atoms with Gasteiger partial charge in [0.25, 0.3) is 0 Å². The van der Waals surface area contributed by atoms with Crippen molar-refractivity contribution in [3.63, 3.8) is 0 Å². The van der Waals surface area contributed by atoms with Gasteiger partial charge in [0.2, 0.25) is 0 Å². The smallest absolute Gasteiger partial charge is 0.00174 e. The van der Waals surface area contributed by atoms with Gasteiger partial charge in [-0.05, 0) is 50.3 Å². The van der Waals surface area contributed by atoms with Crippen LogP contribution in [0.4, 0.5) is 0 Å². The van der Waals surface area contributed by atoms with Crippen LogP contribution in [0, 0.1) is 6.42 Å². The van der Waals surface area contributed by atoms with Crippen LogP contribution in [0.5, 0.6) is 0 Å². The minimum absolute atomic E-state index is 0.670.